The van der Waals surface area contributed by atoms with Crippen LogP contribution in [0.15, 0.2) is 59.5 Å². The number of nitrogens with one attached hydrogen (secondary N) is 1. The molecule has 0 spiro atoms. The maximum absolute atomic E-state index is 12.1. The van der Waals surface area contributed by atoms with Crippen molar-refractivity contribution in [2.75, 3.05) is 5.32 Å². The lowest BCUT2D eigenvalue weighted by Crippen LogP contribution is -2.22. The summed E-state index contributed by atoms with van der Waals surface area (Å²) in [5.74, 6) is 0. The number of fused-ring (bicyclic) bond motifs is 1. The third-order valence-electron chi connectivity index (χ3n) is 2.77. The van der Waals surface area contributed by atoms with Gasteiger partial charge in [0.25, 0.3) is 0 Å². The molecule has 0 aliphatic carbocycles. The van der Waals surface area contributed by atoms with E-state index in [9.17, 15) is 4.79 Å². The molecule has 0 fully saturated rings. The summed E-state index contributed by atoms with van der Waals surface area (Å²) in [4.78, 5) is 13.1. The molecule has 3 rings (SSSR count). The van der Waals surface area contributed by atoms with Crippen LogP contribution >= 0.6 is 11.8 Å². The molecule has 1 aliphatic rings. The summed E-state index contributed by atoms with van der Waals surface area (Å²) in [7, 11) is 0. The molecule has 0 radical (unpaired) electrons. The van der Waals surface area contributed by atoms with Crippen molar-refractivity contribution in [2.45, 2.75) is 10.9 Å². The Bertz CT molecular complexity index is 553. The second-order valence-corrected chi connectivity index (χ2v) is 4.95. The molecule has 0 aromatic heterocycles. The van der Waals surface area contributed by atoms with Gasteiger partial charge in [0, 0.05) is 10.6 Å². The van der Waals surface area contributed by atoms with Crippen LogP contribution in [0.3, 0.4) is 0 Å². The van der Waals surface area contributed by atoms with Gasteiger partial charge >= 0.3 is 0 Å². The number of benzene rings is 2. The second kappa shape index (κ2) is 4.26. The van der Waals surface area contributed by atoms with E-state index in [4.69, 9.17) is 0 Å². The maximum Gasteiger partial charge on any atom is 0.220 e. The monoisotopic (exact) mass is 241 g/mol. The molecule has 1 heterocycles. The zero-order valence-corrected chi connectivity index (χ0v) is 9.91. The van der Waals surface area contributed by atoms with Gasteiger partial charge < -0.3 is 5.32 Å². The van der Waals surface area contributed by atoms with Crippen LogP contribution in [0.25, 0.3) is 0 Å². The number of anilines is 1. The third kappa shape index (κ3) is 1.94. The number of rotatable bonds is 1. The van der Waals surface area contributed by atoms with E-state index in [1.165, 1.54) is 11.8 Å². The van der Waals surface area contributed by atoms with Crippen LogP contribution in [0.5, 0.6) is 0 Å². The van der Waals surface area contributed by atoms with E-state index in [-0.39, 0.29) is 11.2 Å². The van der Waals surface area contributed by atoms with Crippen LogP contribution in [0.4, 0.5) is 5.69 Å². The quantitative estimate of drug-likeness (QED) is 0.828. The highest BCUT2D eigenvalue weighted by atomic mass is 32.2. The number of carbonyl (C=O) groups excluding carboxylic acids is 1. The van der Waals surface area contributed by atoms with Gasteiger partial charge in [-0.2, -0.15) is 0 Å². The number of thioether (sulfide) groups is 1. The van der Waals surface area contributed by atoms with Crippen LogP contribution < -0.4 is 5.32 Å². The van der Waals surface area contributed by atoms with Crippen molar-refractivity contribution in [3.63, 3.8) is 0 Å². The summed E-state index contributed by atoms with van der Waals surface area (Å²) < 4.78 is 0. The molecule has 84 valence electrons. The molecule has 0 bridgehead atoms. The van der Waals surface area contributed by atoms with Gasteiger partial charge in [-0.25, -0.2) is 0 Å². The molecule has 1 aliphatic heterocycles. The molecule has 2 nitrogen and oxygen atoms in total. The van der Waals surface area contributed by atoms with E-state index in [1.54, 1.807) is 0 Å². The Hall–Kier alpha value is -1.74. The summed E-state index contributed by atoms with van der Waals surface area (Å²) in [5.41, 5.74) is 2.05. The van der Waals surface area contributed by atoms with Gasteiger partial charge in [0.2, 0.25) is 5.12 Å². The average molecular weight is 241 g/mol. The smallest absolute Gasteiger partial charge is 0.220 e. The third-order valence-corrected chi connectivity index (χ3v) is 3.78. The van der Waals surface area contributed by atoms with E-state index in [0.29, 0.717) is 0 Å². The van der Waals surface area contributed by atoms with Crippen molar-refractivity contribution >= 4 is 22.6 Å². The van der Waals surface area contributed by atoms with Crippen molar-refractivity contribution in [3.05, 3.63) is 60.2 Å². The van der Waals surface area contributed by atoms with Gasteiger partial charge in [0.05, 0.1) is 0 Å². The molecule has 0 unspecified atom stereocenters. The Kier molecular flexibility index (Phi) is 2.61. The van der Waals surface area contributed by atoms with Gasteiger partial charge in [-0.05, 0) is 29.5 Å². The Morgan fingerprint density at radius 2 is 1.65 bits per heavy atom. The lowest BCUT2D eigenvalue weighted by molar-refractivity contribution is -0.111. The molecule has 17 heavy (non-hydrogen) atoms. The number of hydrogen-bond donors (Lipinski definition) is 1. The van der Waals surface area contributed by atoms with Crippen molar-refractivity contribution in [2.24, 2.45) is 0 Å². The van der Waals surface area contributed by atoms with Crippen LogP contribution in [0, 0.1) is 0 Å². The van der Waals surface area contributed by atoms with Crippen LogP contribution in [0.1, 0.15) is 11.6 Å². The number of hydrogen-bond acceptors (Lipinski definition) is 3. The first kappa shape index (κ1) is 10.4. The molecule has 2 aromatic rings. The highest BCUT2D eigenvalue weighted by Gasteiger charge is 2.27. The Labute approximate surface area is 104 Å². The minimum atomic E-state index is -0.240. The predicted molar refractivity (Wildman–Crippen MR) is 70.1 cm³/mol. The molecule has 1 N–H and O–H groups in total. The van der Waals surface area contributed by atoms with Crippen molar-refractivity contribution in [1.82, 2.24) is 0 Å². The summed E-state index contributed by atoms with van der Waals surface area (Å²) in [6.45, 7) is 0. The van der Waals surface area contributed by atoms with E-state index in [1.807, 2.05) is 54.6 Å². The molecule has 1 atom stereocenters. The lowest BCUT2D eigenvalue weighted by atomic mass is 10.1. The van der Waals surface area contributed by atoms with E-state index < -0.39 is 0 Å². The Morgan fingerprint density at radius 3 is 2.47 bits per heavy atom. The predicted octanol–water partition coefficient (Wildman–Crippen LogP) is 3.47. The van der Waals surface area contributed by atoms with E-state index in [2.05, 4.69) is 5.32 Å². The first-order valence-corrected chi connectivity index (χ1v) is 6.28. The highest BCUT2D eigenvalue weighted by molar-refractivity contribution is 8.14. The van der Waals surface area contributed by atoms with E-state index in [0.717, 1.165) is 16.1 Å². The van der Waals surface area contributed by atoms with Crippen molar-refractivity contribution in [3.8, 4) is 0 Å². The van der Waals surface area contributed by atoms with E-state index >= 15 is 0 Å². The second-order valence-electron chi connectivity index (χ2n) is 3.91. The number of para-hydroxylation sites is 1. The minimum absolute atomic E-state index is 0.148. The zero-order valence-electron chi connectivity index (χ0n) is 9.09. The Balaban J connectivity index is 1.98. The normalized spacial score (nSPS) is 18.4. The Morgan fingerprint density at radius 1 is 0.941 bits per heavy atom. The zero-order chi connectivity index (χ0) is 11.7. The average Bonchev–Trinajstić information content (AvgIpc) is 2.39. The maximum atomic E-state index is 12.1. The fraction of sp³-hybridized carbons (Fsp3) is 0.0714. The van der Waals surface area contributed by atoms with Gasteiger partial charge in [0.15, 0.2) is 0 Å². The molecule has 0 saturated carbocycles. The fourth-order valence-electron chi connectivity index (χ4n) is 1.92. The topological polar surface area (TPSA) is 29.1 Å². The molecule has 0 saturated heterocycles. The van der Waals surface area contributed by atoms with Crippen molar-refractivity contribution in [1.29, 1.82) is 0 Å². The fourth-order valence-corrected chi connectivity index (χ4v) is 2.83. The van der Waals surface area contributed by atoms with Gasteiger partial charge in [0.1, 0.15) is 6.04 Å². The van der Waals surface area contributed by atoms with Crippen LogP contribution in [0.2, 0.25) is 0 Å². The van der Waals surface area contributed by atoms with Crippen molar-refractivity contribution < 1.29 is 4.79 Å². The first-order valence-electron chi connectivity index (χ1n) is 5.47. The standard InChI is InChI=1S/C14H11NOS/c16-14-13(10-6-2-1-3-7-10)15-11-8-4-5-9-12(11)17-14/h1-9,13,15H/t13-/m1/s1. The van der Waals surface area contributed by atoms with Crippen LogP contribution in [-0.2, 0) is 4.79 Å². The summed E-state index contributed by atoms with van der Waals surface area (Å²) in [6.07, 6.45) is 0. The summed E-state index contributed by atoms with van der Waals surface area (Å²) in [5, 5.41) is 3.44. The molecular weight excluding hydrogens is 230 g/mol. The molecule has 3 heteroatoms. The summed E-state index contributed by atoms with van der Waals surface area (Å²) in [6, 6.07) is 17.5. The molecular formula is C14H11NOS. The minimum Gasteiger partial charge on any atom is -0.370 e. The van der Waals surface area contributed by atoms with Gasteiger partial charge in [-0.3, -0.25) is 4.79 Å². The largest absolute Gasteiger partial charge is 0.370 e. The summed E-state index contributed by atoms with van der Waals surface area (Å²) >= 11 is 1.31. The molecule has 2 aromatic carbocycles. The van der Waals surface area contributed by atoms with Crippen LogP contribution in [-0.4, -0.2) is 5.12 Å². The highest BCUT2D eigenvalue weighted by Crippen LogP contribution is 2.39. The first-order chi connectivity index (χ1) is 8.34. The lowest BCUT2D eigenvalue weighted by Gasteiger charge is -2.25. The molecule has 0 amide bonds. The SMILES string of the molecule is O=C1Sc2ccccc2N[C@@H]1c1ccccc1. The van der Waals surface area contributed by atoms with Gasteiger partial charge in [-0.1, -0.05) is 42.5 Å². The van der Waals surface area contributed by atoms with Gasteiger partial charge in [-0.15, -0.1) is 0 Å². The number of carbonyl (C=O) groups is 1.